The Kier molecular flexibility index (Phi) is 2.94. The quantitative estimate of drug-likeness (QED) is 0.679. The molecule has 0 atom stereocenters. The minimum absolute atomic E-state index is 0.352. The molecule has 6 heteroatoms. The maximum Gasteiger partial charge on any atom is 0.416 e. The summed E-state index contributed by atoms with van der Waals surface area (Å²) < 4.78 is 37.9. The Morgan fingerprint density at radius 1 is 1.00 bits per heavy atom. The average molecular weight is 297 g/mol. The third kappa shape index (κ3) is 2.36. The van der Waals surface area contributed by atoms with Crippen LogP contribution in [0.25, 0.3) is 22.4 Å². The van der Waals surface area contributed by atoms with E-state index < -0.39 is 11.7 Å². The number of alkyl halides is 3. The van der Waals surface area contributed by atoms with E-state index in [0.717, 1.165) is 17.7 Å². The monoisotopic (exact) mass is 296 g/mol. The first kappa shape index (κ1) is 13.0. The van der Waals surface area contributed by atoms with E-state index in [4.69, 9.17) is 11.6 Å². The Morgan fingerprint density at radius 2 is 1.70 bits per heavy atom. The van der Waals surface area contributed by atoms with Crippen molar-refractivity contribution in [3.8, 4) is 11.4 Å². The number of nitrogens with zero attached hydrogens (tertiary/aromatic N) is 1. The van der Waals surface area contributed by atoms with E-state index in [1.807, 2.05) is 0 Å². The Labute approximate surface area is 117 Å². The summed E-state index contributed by atoms with van der Waals surface area (Å²) in [5.74, 6) is 0.510. The summed E-state index contributed by atoms with van der Waals surface area (Å²) in [7, 11) is 0. The summed E-state index contributed by atoms with van der Waals surface area (Å²) in [4.78, 5) is 7.16. The van der Waals surface area contributed by atoms with Crippen LogP contribution in [0.3, 0.4) is 0 Å². The molecule has 2 nitrogen and oxygen atoms in total. The first-order valence-electron chi connectivity index (χ1n) is 5.76. The topological polar surface area (TPSA) is 28.7 Å². The molecule has 2 aromatic carbocycles. The van der Waals surface area contributed by atoms with Gasteiger partial charge in [-0.25, -0.2) is 4.98 Å². The minimum Gasteiger partial charge on any atom is -0.338 e. The third-order valence-electron chi connectivity index (χ3n) is 2.93. The van der Waals surface area contributed by atoms with Crippen molar-refractivity contribution in [2.75, 3.05) is 0 Å². The summed E-state index contributed by atoms with van der Waals surface area (Å²) in [5.41, 5.74) is 0.906. The van der Waals surface area contributed by atoms with E-state index >= 15 is 0 Å². The van der Waals surface area contributed by atoms with Gasteiger partial charge in [-0.15, -0.1) is 0 Å². The van der Waals surface area contributed by atoms with Gasteiger partial charge in [0, 0.05) is 10.6 Å². The first-order chi connectivity index (χ1) is 9.43. The number of H-pyrrole nitrogens is 1. The van der Waals surface area contributed by atoms with Crippen molar-refractivity contribution < 1.29 is 13.2 Å². The van der Waals surface area contributed by atoms with Gasteiger partial charge in [-0.1, -0.05) is 11.6 Å². The SMILES string of the molecule is FC(F)(F)c1ccc2nc(-c3ccc(Cl)cc3)[nH]c2c1. The molecule has 102 valence electrons. The summed E-state index contributed by atoms with van der Waals surface area (Å²) in [5, 5.41) is 0.587. The second kappa shape index (κ2) is 4.52. The van der Waals surface area contributed by atoms with Crippen molar-refractivity contribution in [1.29, 1.82) is 0 Å². The lowest BCUT2D eigenvalue weighted by atomic mass is 10.2. The highest BCUT2D eigenvalue weighted by molar-refractivity contribution is 6.30. The van der Waals surface area contributed by atoms with Gasteiger partial charge in [0.05, 0.1) is 16.6 Å². The number of hydrogen-bond donors (Lipinski definition) is 1. The van der Waals surface area contributed by atoms with Crippen LogP contribution in [0.15, 0.2) is 42.5 Å². The zero-order valence-corrected chi connectivity index (χ0v) is 10.8. The highest BCUT2D eigenvalue weighted by Crippen LogP contribution is 2.31. The average Bonchev–Trinajstić information content (AvgIpc) is 2.81. The van der Waals surface area contributed by atoms with Crippen LogP contribution in [0.1, 0.15) is 5.56 Å². The Morgan fingerprint density at radius 3 is 2.35 bits per heavy atom. The van der Waals surface area contributed by atoms with E-state index in [0.29, 0.717) is 21.9 Å². The molecule has 0 bridgehead atoms. The molecular formula is C14H8ClF3N2. The number of fused-ring (bicyclic) bond motifs is 1. The van der Waals surface area contributed by atoms with Crippen LogP contribution in [0, 0.1) is 0 Å². The van der Waals surface area contributed by atoms with Crippen molar-refractivity contribution in [2.45, 2.75) is 6.18 Å². The molecule has 1 heterocycles. The molecule has 20 heavy (non-hydrogen) atoms. The number of imidazole rings is 1. The largest absolute Gasteiger partial charge is 0.416 e. The first-order valence-corrected chi connectivity index (χ1v) is 6.14. The number of nitrogens with one attached hydrogen (secondary N) is 1. The number of aromatic nitrogens is 2. The smallest absolute Gasteiger partial charge is 0.338 e. The molecular weight excluding hydrogens is 289 g/mol. The fourth-order valence-corrected chi connectivity index (χ4v) is 2.06. The number of benzene rings is 2. The molecule has 0 spiro atoms. The van der Waals surface area contributed by atoms with Crippen molar-refractivity contribution in [3.05, 3.63) is 53.1 Å². The lowest BCUT2D eigenvalue weighted by Gasteiger charge is -2.05. The minimum atomic E-state index is -4.36. The fourth-order valence-electron chi connectivity index (χ4n) is 1.93. The number of halogens is 4. The van der Waals surface area contributed by atoms with Gasteiger partial charge in [-0.05, 0) is 42.5 Å². The second-order valence-electron chi connectivity index (χ2n) is 4.32. The van der Waals surface area contributed by atoms with Crippen LogP contribution >= 0.6 is 11.6 Å². The third-order valence-corrected chi connectivity index (χ3v) is 3.18. The van der Waals surface area contributed by atoms with Crippen molar-refractivity contribution in [3.63, 3.8) is 0 Å². The zero-order chi connectivity index (χ0) is 14.3. The molecule has 0 unspecified atom stereocenters. The number of aromatic amines is 1. The van der Waals surface area contributed by atoms with Crippen LogP contribution in [-0.2, 0) is 6.18 Å². The van der Waals surface area contributed by atoms with Crippen LogP contribution in [0.5, 0.6) is 0 Å². The fraction of sp³-hybridized carbons (Fsp3) is 0.0714. The summed E-state index contributed by atoms with van der Waals surface area (Å²) in [6, 6.07) is 10.3. The summed E-state index contributed by atoms with van der Waals surface area (Å²) >= 11 is 5.79. The van der Waals surface area contributed by atoms with Crippen LogP contribution in [-0.4, -0.2) is 9.97 Å². The van der Waals surface area contributed by atoms with Gasteiger partial charge in [0.2, 0.25) is 0 Å². The van der Waals surface area contributed by atoms with Crippen LogP contribution in [0.2, 0.25) is 5.02 Å². The van der Waals surface area contributed by atoms with Crippen molar-refractivity contribution >= 4 is 22.6 Å². The predicted molar refractivity (Wildman–Crippen MR) is 71.5 cm³/mol. The maximum atomic E-state index is 12.6. The predicted octanol–water partition coefficient (Wildman–Crippen LogP) is 4.90. The van der Waals surface area contributed by atoms with Gasteiger partial charge in [0.1, 0.15) is 5.82 Å². The van der Waals surface area contributed by atoms with E-state index in [9.17, 15) is 13.2 Å². The van der Waals surface area contributed by atoms with Gasteiger partial charge >= 0.3 is 6.18 Å². The molecule has 0 aliphatic rings. The molecule has 0 aliphatic carbocycles. The molecule has 0 amide bonds. The van der Waals surface area contributed by atoms with Gasteiger partial charge in [0.15, 0.2) is 0 Å². The van der Waals surface area contributed by atoms with Gasteiger partial charge in [0.25, 0.3) is 0 Å². The molecule has 0 saturated heterocycles. The highest BCUT2D eigenvalue weighted by atomic mass is 35.5. The number of hydrogen-bond acceptors (Lipinski definition) is 1. The standard InChI is InChI=1S/C14H8ClF3N2/c15-10-4-1-8(2-5-10)13-19-11-6-3-9(14(16,17)18)7-12(11)20-13/h1-7H,(H,19,20). The van der Waals surface area contributed by atoms with Gasteiger partial charge in [-0.2, -0.15) is 13.2 Å². The molecule has 3 rings (SSSR count). The molecule has 0 aliphatic heterocycles. The molecule has 0 saturated carbocycles. The Bertz CT molecular complexity index is 760. The van der Waals surface area contributed by atoms with Crippen LogP contribution in [0.4, 0.5) is 13.2 Å². The maximum absolute atomic E-state index is 12.6. The van der Waals surface area contributed by atoms with Crippen LogP contribution < -0.4 is 0 Å². The molecule has 0 radical (unpaired) electrons. The molecule has 3 aromatic rings. The lowest BCUT2D eigenvalue weighted by molar-refractivity contribution is -0.137. The second-order valence-corrected chi connectivity index (χ2v) is 4.76. The van der Waals surface area contributed by atoms with E-state index in [1.165, 1.54) is 6.07 Å². The van der Waals surface area contributed by atoms with Gasteiger partial charge < -0.3 is 4.98 Å². The number of rotatable bonds is 1. The normalized spacial score (nSPS) is 12.0. The highest BCUT2D eigenvalue weighted by Gasteiger charge is 2.30. The van der Waals surface area contributed by atoms with E-state index in [2.05, 4.69) is 9.97 Å². The molecule has 0 fully saturated rings. The summed E-state index contributed by atoms with van der Waals surface area (Å²) in [6.45, 7) is 0. The van der Waals surface area contributed by atoms with E-state index in [1.54, 1.807) is 24.3 Å². The molecule has 1 N–H and O–H groups in total. The van der Waals surface area contributed by atoms with Crippen molar-refractivity contribution in [2.24, 2.45) is 0 Å². The summed E-state index contributed by atoms with van der Waals surface area (Å²) in [6.07, 6.45) is -4.36. The lowest BCUT2D eigenvalue weighted by Crippen LogP contribution is -2.04. The van der Waals surface area contributed by atoms with Gasteiger partial charge in [-0.3, -0.25) is 0 Å². The molecule has 1 aromatic heterocycles. The van der Waals surface area contributed by atoms with Crippen molar-refractivity contribution in [1.82, 2.24) is 9.97 Å². The Hall–Kier alpha value is -2.01. The Balaban J connectivity index is 2.09. The zero-order valence-electron chi connectivity index (χ0n) is 10.0. The van der Waals surface area contributed by atoms with E-state index in [-0.39, 0.29) is 0 Å².